The maximum atomic E-state index is 14.5. The predicted molar refractivity (Wildman–Crippen MR) is 180 cm³/mol. The van der Waals surface area contributed by atoms with Gasteiger partial charge in [-0.05, 0) is 76.7 Å². The molecule has 1 N–H and O–H groups in total. The summed E-state index contributed by atoms with van der Waals surface area (Å²) >= 11 is 0. The largest absolute Gasteiger partial charge is 0.497 e. The fourth-order valence-corrected chi connectivity index (χ4v) is 4.89. The van der Waals surface area contributed by atoms with Gasteiger partial charge in [-0.3, -0.25) is 14.4 Å². The first-order valence-electron chi connectivity index (χ1n) is 15.2. The molecule has 0 aromatic heterocycles. The number of hydroxylamine groups is 1. The van der Waals surface area contributed by atoms with Crippen molar-refractivity contribution >= 4 is 17.5 Å². The molecule has 2 amide bonds. The first kappa shape index (κ1) is 32.0. The smallest absolute Gasteiger partial charge is 0.274 e. The van der Waals surface area contributed by atoms with Crippen LogP contribution >= 0.6 is 0 Å². The molecule has 0 fully saturated rings. The molecule has 46 heavy (non-hydrogen) atoms. The fraction of sp³-hybridized carbons (Fsp3) is 0.179. The third kappa shape index (κ3) is 8.40. The van der Waals surface area contributed by atoms with Gasteiger partial charge in [0.15, 0.2) is 0 Å². The number of hydrogen-bond donors (Lipinski definition) is 1. The van der Waals surface area contributed by atoms with Crippen molar-refractivity contribution in [1.29, 1.82) is 0 Å². The Kier molecular flexibility index (Phi) is 10.8. The Balaban J connectivity index is 1.38. The molecule has 7 heteroatoms. The number of ether oxygens (including phenoxy) is 2. The molecule has 7 nitrogen and oxygen atoms in total. The quantitative estimate of drug-likeness (QED) is 0.136. The van der Waals surface area contributed by atoms with Gasteiger partial charge in [0.1, 0.15) is 18.1 Å². The van der Waals surface area contributed by atoms with Crippen molar-refractivity contribution in [2.24, 2.45) is 0 Å². The molecule has 0 saturated carbocycles. The molecule has 5 aromatic rings. The minimum absolute atomic E-state index is 0.202. The molecule has 5 aromatic carbocycles. The summed E-state index contributed by atoms with van der Waals surface area (Å²) in [6, 6.07) is 39.8. The number of methoxy groups -OCH3 is 1. The lowest BCUT2D eigenvalue weighted by Crippen LogP contribution is -2.31. The zero-order chi connectivity index (χ0) is 32.3. The fourth-order valence-electron chi connectivity index (χ4n) is 4.89. The average Bonchev–Trinajstić information content (AvgIpc) is 3.10. The van der Waals surface area contributed by atoms with E-state index in [2.05, 4.69) is 19.3 Å². The highest BCUT2D eigenvalue weighted by atomic mass is 16.6. The molecule has 0 aliphatic rings. The predicted octanol–water partition coefficient (Wildman–Crippen LogP) is 8.11. The van der Waals surface area contributed by atoms with Crippen molar-refractivity contribution in [2.75, 3.05) is 12.0 Å². The van der Waals surface area contributed by atoms with Gasteiger partial charge < -0.3 is 14.4 Å². The lowest BCUT2D eigenvalue weighted by molar-refractivity contribution is 0.0233. The molecule has 234 valence electrons. The van der Waals surface area contributed by atoms with Gasteiger partial charge in [0.05, 0.1) is 25.8 Å². The topological polar surface area (TPSA) is 77.1 Å². The summed E-state index contributed by atoms with van der Waals surface area (Å²) in [5.74, 6) is 0.872. The highest BCUT2D eigenvalue weighted by molar-refractivity contribution is 6.08. The number of amides is 2. The molecular formula is C39H38N2O5. The van der Waals surface area contributed by atoms with Crippen molar-refractivity contribution in [3.05, 3.63) is 161 Å². The van der Waals surface area contributed by atoms with Crippen molar-refractivity contribution in [1.82, 2.24) is 5.48 Å². The molecule has 5 rings (SSSR count). The maximum absolute atomic E-state index is 14.5. The highest BCUT2D eigenvalue weighted by Crippen LogP contribution is 2.30. The van der Waals surface area contributed by atoms with E-state index in [1.54, 1.807) is 24.1 Å². The summed E-state index contributed by atoms with van der Waals surface area (Å²) in [4.78, 5) is 34.3. The van der Waals surface area contributed by atoms with Gasteiger partial charge >= 0.3 is 0 Å². The molecule has 0 aliphatic carbocycles. The van der Waals surface area contributed by atoms with Crippen molar-refractivity contribution in [3.8, 4) is 11.5 Å². The lowest BCUT2D eigenvalue weighted by Gasteiger charge is -2.25. The Labute approximate surface area is 270 Å². The highest BCUT2D eigenvalue weighted by Gasteiger charge is 2.23. The van der Waals surface area contributed by atoms with Gasteiger partial charge in [-0.2, -0.15) is 0 Å². The second-order valence-electron chi connectivity index (χ2n) is 11.2. The summed E-state index contributed by atoms with van der Waals surface area (Å²) in [6.45, 7) is 5.06. The van der Waals surface area contributed by atoms with Crippen LogP contribution in [-0.2, 0) is 24.6 Å². The number of rotatable bonds is 13. The summed E-state index contributed by atoms with van der Waals surface area (Å²) in [5.41, 5.74) is 7.96. The molecule has 0 unspecified atom stereocenters. The molecule has 0 atom stereocenters. The molecule has 0 aliphatic heterocycles. The van der Waals surface area contributed by atoms with Crippen LogP contribution < -0.4 is 19.9 Å². The zero-order valence-electron chi connectivity index (χ0n) is 26.3. The lowest BCUT2D eigenvalue weighted by atomic mass is 9.99. The summed E-state index contributed by atoms with van der Waals surface area (Å²) in [5, 5.41) is 0. The van der Waals surface area contributed by atoms with Gasteiger partial charge in [-0.25, -0.2) is 5.48 Å². The summed E-state index contributed by atoms with van der Waals surface area (Å²) in [6.07, 6.45) is 0. The van der Waals surface area contributed by atoms with Gasteiger partial charge in [-0.1, -0.05) is 92.7 Å². The van der Waals surface area contributed by atoms with E-state index in [0.29, 0.717) is 34.9 Å². The van der Waals surface area contributed by atoms with Gasteiger partial charge in [0.2, 0.25) is 0 Å². The monoisotopic (exact) mass is 614 g/mol. The zero-order valence-corrected chi connectivity index (χ0v) is 26.3. The van der Waals surface area contributed by atoms with E-state index in [1.807, 2.05) is 115 Å². The summed E-state index contributed by atoms with van der Waals surface area (Å²) < 4.78 is 11.6. The van der Waals surface area contributed by atoms with Crippen LogP contribution in [0.4, 0.5) is 5.69 Å². The van der Waals surface area contributed by atoms with Crippen molar-refractivity contribution in [3.63, 3.8) is 0 Å². The minimum atomic E-state index is -0.351. The van der Waals surface area contributed by atoms with E-state index in [9.17, 15) is 9.59 Å². The van der Waals surface area contributed by atoms with Crippen LogP contribution in [0.3, 0.4) is 0 Å². The second kappa shape index (κ2) is 15.5. The van der Waals surface area contributed by atoms with Crippen LogP contribution in [0.1, 0.15) is 62.7 Å². The number of benzene rings is 5. The van der Waals surface area contributed by atoms with Crippen LogP contribution in [0, 0.1) is 0 Å². The van der Waals surface area contributed by atoms with E-state index >= 15 is 0 Å². The SMILES string of the molecule is COc1ccc(N(Cc2ccc(C(=O)NOCc3ccccc3)cc2)C(=O)c2cc(C(C)C)ccc2OCc2ccccc2)cc1. The second-order valence-corrected chi connectivity index (χ2v) is 11.2. The van der Waals surface area contributed by atoms with Gasteiger partial charge in [0.25, 0.3) is 11.8 Å². The third-order valence-corrected chi connectivity index (χ3v) is 7.57. The molecular weight excluding hydrogens is 576 g/mol. The van der Waals surface area contributed by atoms with Crippen LogP contribution in [-0.4, -0.2) is 18.9 Å². The number of carbonyl (C=O) groups is 2. The Morgan fingerprint density at radius 2 is 1.35 bits per heavy atom. The van der Waals surface area contributed by atoms with E-state index < -0.39 is 0 Å². The number of carbonyl (C=O) groups excluding carboxylic acids is 2. The van der Waals surface area contributed by atoms with E-state index in [1.165, 1.54) is 0 Å². The number of anilines is 1. The molecule has 0 radical (unpaired) electrons. The van der Waals surface area contributed by atoms with Gasteiger partial charge in [0, 0.05) is 11.3 Å². The van der Waals surface area contributed by atoms with Crippen LogP contribution in [0.25, 0.3) is 0 Å². The summed E-state index contributed by atoms with van der Waals surface area (Å²) in [7, 11) is 1.61. The first-order chi connectivity index (χ1) is 22.4. The molecule has 0 heterocycles. The third-order valence-electron chi connectivity index (χ3n) is 7.57. The molecule has 0 spiro atoms. The number of nitrogens with zero attached hydrogens (tertiary/aromatic N) is 1. The Morgan fingerprint density at radius 1 is 0.717 bits per heavy atom. The molecule has 0 saturated heterocycles. The first-order valence-corrected chi connectivity index (χ1v) is 15.2. The van der Waals surface area contributed by atoms with E-state index in [0.717, 1.165) is 22.3 Å². The normalized spacial score (nSPS) is 10.8. The number of nitrogens with one attached hydrogen (secondary N) is 1. The van der Waals surface area contributed by atoms with E-state index in [-0.39, 0.29) is 30.9 Å². The van der Waals surface area contributed by atoms with E-state index in [4.69, 9.17) is 14.3 Å². The molecule has 0 bridgehead atoms. The van der Waals surface area contributed by atoms with Gasteiger partial charge in [-0.15, -0.1) is 0 Å². The van der Waals surface area contributed by atoms with Crippen LogP contribution in [0.5, 0.6) is 11.5 Å². The number of hydrogen-bond acceptors (Lipinski definition) is 5. The minimum Gasteiger partial charge on any atom is -0.497 e. The Hall–Kier alpha value is -5.40. The standard InChI is InChI=1S/C39H38N2O5/c1-28(2)33-18-23-37(45-26-30-10-6-4-7-11-30)36(24-33)39(43)41(34-19-21-35(44-3)22-20-34)25-29-14-16-32(17-15-29)38(42)40-46-27-31-12-8-5-9-13-31/h4-24,28H,25-27H2,1-3H3,(H,40,42). The Bertz CT molecular complexity index is 1720. The van der Waals surface area contributed by atoms with Crippen molar-refractivity contribution in [2.45, 2.75) is 39.5 Å². The maximum Gasteiger partial charge on any atom is 0.274 e. The van der Waals surface area contributed by atoms with Crippen LogP contribution in [0.2, 0.25) is 0 Å². The Morgan fingerprint density at radius 3 is 1.96 bits per heavy atom. The average molecular weight is 615 g/mol. The van der Waals surface area contributed by atoms with Crippen molar-refractivity contribution < 1.29 is 23.9 Å². The van der Waals surface area contributed by atoms with Crippen LogP contribution in [0.15, 0.2) is 127 Å².